The number of carbonyl (C=O) groups excluding carboxylic acids is 1. The number of methoxy groups -OCH3 is 1. The molecular weight excluding hydrogens is 344 g/mol. The van der Waals surface area contributed by atoms with Crippen molar-refractivity contribution in [2.45, 2.75) is 32.9 Å². The number of fused-ring (bicyclic) bond motifs is 1. The van der Waals surface area contributed by atoms with E-state index in [1.165, 1.54) is 0 Å². The van der Waals surface area contributed by atoms with Gasteiger partial charge in [-0.1, -0.05) is 6.92 Å². The highest BCUT2D eigenvalue weighted by Gasteiger charge is 2.30. The molecule has 1 N–H and O–H groups in total. The summed E-state index contributed by atoms with van der Waals surface area (Å²) < 4.78 is 11.2. The molecule has 4 heterocycles. The minimum absolute atomic E-state index is 0.0271. The van der Waals surface area contributed by atoms with Crippen molar-refractivity contribution in [1.82, 2.24) is 15.3 Å². The van der Waals surface area contributed by atoms with Gasteiger partial charge in [-0.3, -0.25) is 4.79 Å². The standard InChI is InChI=1S/C20H24N4O3/c1-12-8-15-16(10-22-20(15)25)23-19(12)24-7-6-17(13(2)11-24)27-14-4-5-18(26-3)21-9-14/h4-5,8-9,13,17H,6-7,10-11H2,1-3H3,(H,22,25)/t13-,17?/m0/s1. The molecule has 2 aliphatic heterocycles. The smallest absolute Gasteiger partial charge is 0.253 e. The average molecular weight is 368 g/mol. The van der Waals surface area contributed by atoms with E-state index in [1.807, 2.05) is 25.1 Å². The summed E-state index contributed by atoms with van der Waals surface area (Å²) in [5, 5.41) is 2.84. The van der Waals surface area contributed by atoms with Gasteiger partial charge >= 0.3 is 0 Å². The quantitative estimate of drug-likeness (QED) is 0.893. The fraction of sp³-hybridized carbons (Fsp3) is 0.450. The van der Waals surface area contributed by atoms with Gasteiger partial charge in [0.05, 0.1) is 31.1 Å². The van der Waals surface area contributed by atoms with Crippen LogP contribution in [0.4, 0.5) is 5.82 Å². The van der Waals surface area contributed by atoms with Crippen LogP contribution in [0, 0.1) is 12.8 Å². The highest BCUT2D eigenvalue weighted by atomic mass is 16.5. The molecule has 2 aromatic heterocycles. The van der Waals surface area contributed by atoms with Gasteiger partial charge in [0.1, 0.15) is 17.7 Å². The van der Waals surface area contributed by atoms with Gasteiger partial charge in [0.2, 0.25) is 5.88 Å². The molecule has 1 amide bonds. The first kappa shape index (κ1) is 17.6. The Labute approximate surface area is 158 Å². The fourth-order valence-electron chi connectivity index (χ4n) is 3.77. The van der Waals surface area contributed by atoms with Gasteiger partial charge in [0, 0.05) is 31.5 Å². The van der Waals surface area contributed by atoms with E-state index in [1.54, 1.807) is 13.3 Å². The lowest BCUT2D eigenvalue weighted by Gasteiger charge is -2.38. The number of rotatable bonds is 4. The molecule has 0 aromatic carbocycles. The molecule has 2 aliphatic rings. The molecule has 0 saturated carbocycles. The number of piperidine rings is 1. The molecule has 1 saturated heterocycles. The third-order valence-corrected chi connectivity index (χ3v) is 5.26. The summed E-state index contributed by atoms with van der Waals surface area (Å²) in [7, 11) is 1.60. The first-order valence-electron chi connectivity index (χ1n) is 9.25. The predicted octanol–water partition coefficient (Wildman–Crippen LogP) is 2.33. The number of nitrogens with one attached hydrogen (secondary N) is 1. The van der Waals surface area contributed by atoms with Gasteiger partial charge in [0.25, 0.3) is 5.91 Å². The van der Waals surface area contributed by atoms with E-state index in [4.69, 9.17) is 14.5 Å². The molecule has 2 atom stereocenters. The number of nitrogens with zero attached hydrogens (tertiary/aromatic N) is 3. The summed E-state index contributed by atoms with van der Waals surface area (Å²) in [6.45, 7) is 6.46. The second-order valence-electron chi connectivity index (χ2n) is 7.21. The Morgan fingerprint density at radius 1 is 1.33 bits per heavy atom. The van der Waals surface area contributed by atoms with E-state index in [2.05, 4.69) is 22.1 Å². The summed E-state index contributed by atoms with van der Waals surface area (Å²) in [5.41, 5.74) is 2.59. The second-order valence-corrected chi connectivity index (χ2v) is 7.21. The SMILES string of the molecule is COc1ccc(OC2CCN(c3nc4c(cc3C)C(=O)NC4)C[C@@H]2C)cn1. The Kier molecular flexibility index (Phi) is 4.59. The molecule has 0 radical (unpaired) electrons. The van der Waals surface area contributed by atoms with Crippen LogP contribution in [0.5, 0.6) is 11.6 Å². The first-order chi connectivity index (χ1) is 13.0. The van der Waals surface area contributed by atoms with E-state index in [0.717, 1.165) is 42.3 Å². The van der Waals surface area contributed by atoms with Gasteiger partial charge < -0.3 is 19.7 Å². The summed E-state index contributed by atoms with van der Waals surface area (Å²) in [6.07, 6.45) is 2.74. The largest absolute Gasteiger partial charge is 0.488 e. The van der Waals surface area contributed by atoms with Crippen LogP contribution in [0.2, 0.25) is 0 Å². The Bertz CT molecular complexity index is 853. The molecule has 1 fully saturated rings. The number of hydrogen-bond acceptors (Lipinski definition) is 6. The zero-order valence-electron chi connectivity index (χ0n) is 15.9. The molecule has 2 aromatic rings. The Morgan fingerprint density at radius 3 is 2.89 bits per heavy atom. The van der Waals surface area contributed by atoms with Crippen molar-refractivity contribution in [3.8, 4) is 11.6 Å². The number of amides is 1. The highest BCUT2D eigenvalue weighted by Crippen LogP contribution is 2.29. The lowest BCUT2D eigenvalue weighted by atomic mass is 9.96. The molecule has 7 nitrogen and oxygen atoms in total. The summed E-state index contributed by atoms with van der Waals surface area (Å²) in [6, 6.07) is 5.65. The van der Waals surface area contributed by atoms with Crippen LogP contribution in [0.3, 0.4) is 0 Å². The molecule has 27 heavy (non-hydrogen) atoms. The molecule has 0 aliphatic carbocycles. The van der Waals surface area contributed by atoms with Gasteiger partial charge in [-0.25, -0.2) is 9.97 Å². The normalized spacial score (nSPS) is 21.6. The van der Waals surface area contributed by atoms with Crippen LogP contribution >= 0.6 is 0 Å². The number of aryl methyl sites for hydroxylation is 1. The molecule has 142 valence electrons. The van der Waals surface area contributed by atoms with Crippen LogP contribution in [-0.2, 0) is 6.54 Å². The summed E-state index contributed by atoms with van der Waals surface area (Å²) >= 11 is 0. The van der Waals surface area contributed by atoms with E-state index < -0.39 is 0 Å². The second kappa shape index (κ2) is 7.06. The van der Waals surface area contributed by atoms with Crippen molar-refractivity contribution in [3.63, 3.8) is 0 Å². The van der Waals surface area contributed by atoms with E-state index in [9.17, 15) is 4.79 Å². The molecule has 0 spiro atoms. The van der Waals surface area contributed by atoms with Crippen LogP contribution in [0.15, 0.2) is 24.4 Å². The predicted molar refractivity (Wildman–Crippen MR) is 101 cm³/mol. The van der Waals surface area contributed by atoms with Crippen LogP contribution in [0.25, 0.3) is 0 Å². The van der Waals surface area contributed by atoms with E-state index in [-0.39, 0.29) is 12.0 Å². The minimum Gasteiger partial charge on any atom is -0.488 e. The maximum absolute atomic E-state index is 11.8. The van der Waals surface area contributed by atoms with Crippen molar-refractivity contribution in [2.75, 3.05) is 25.1 Å². The number of pyridine rings is 2. The first-order valence-corrected chi connectivity index (χ1v) is 9.25. The van der Waals surface area contributed by atoms with Crippen molar-refractivity contribution in [3.05, 3.63) is 41.2 Å². The Balaban J connectivity index is 1.45. The summed E-state index contributed by atoms with van der Waals surface area (Å²) in [4.78, 5) is 23.1. The number of anilines is 1. The lowest BCUT2D eigenvalue weighted by molar-refractivity contribution is 0.0965. The average Bonchev–Trinajstić information content (AvgIpc) is 3.03. The molecule has 4 rings (SSSR count). The maximum atomic E-state index is 11.8. The highest BCUT2D eigenvalue weighted by molar-refractivity contribution is 5.98. The van der Waals surface area contributed by atoms with Crippen LogP contribution in [0.1, 0.15) is 35.0 Å². The number of aromatic nitrogens is 2. The van der Waals surface area contributed by atoms with Gasteiger partial charge in [-0.15, -0.1) is 0 Å². The zero-order chi connectivity index (χ0) is 19.0. The van der Waals surface area contributed by atoms with Crippen molar-refractivity contribution >= 4 is 11.7 Å². The third kappa shape index (κ3) is 3.41. The molecule has 1 unspecified atom stereocenters. The maximum Gasteiger partial charge on any atom is 0.253 e. The van der Waals surface area contributed by atoms with Crippen molar-refractivity contribution in [2.24, 2.45) is 5.92 Å². The molecule has 7 heteroatoms. The monoisotopic (exact) mass is 368 g/mol. The van der Waals surface area contributed by atoms with Gasteiger partial charge in [-0.2, -0.15) is 0 Å². The molecular formula is C20H24N4O3. The zero-order valence-corrected chi connectivity index (χ0v) is 15.9. The van der Waals surface area contributed by atoms with Gasteiger partial charge in [0.15, 0.2) is 0 Å². The number of ether oxygens (including phenoxy) is 2. The molecule has 0 bridgehead atoms. The number of hydrogen-bond donors (Lipinski definition) is 1. The van der Waals surface area contributed by atoms with E-state index in [0.29, 0.717) is 23.9 Å². The van der Waals surface area contributed by atoms with Crippen molar-refractivity contribution < 1.29 is 14.3 Å². The topological polar surface area (TPSA) is 76.6 Å². The third-order valence-electron chi connectivity index (χ3n) is 5.26. The van der Waals surface area contributed by atoms with Gasteiger partial charge in [-0.05, 0) is 24.6 Å². The van der Waals surface area contributed by atoms with Crippen LogP contribution in [-0.4, -0.2) is 42.2 Å². The number of carbonyl (C=O) groups is 1. The van der Waals surface area contributed by atoms with Crippen molar-refractivity contribution in [1.29, 1.82) is 0 Å². The Hall–Kier alpha value is -2.83. The lowest BCUT2D eigenvalue weighted by Crippen LogP contribution is -2.45. The Morgan fingerprint density at radius 2 is 2.19 bits per heavy atom. The summed E-state index contributed by atoms with van der Waals surface area (Å²) in [5.74, 6) is 2.63. The fourth-order valence-corrected chi connectivity index (χ4v) is 3.77. The van der Waals surface area contributed by atoms with E-state index >= 15 is 0 Å². The minimum atomic E-state index is -0.0271. The van der Waals surface area contributed by atoms with Crippen LogP contribution < -0.4 is 19.7 Å².